The molecule has 0 spiro atoms. The first-order valence-corrected chi connectivity index (χ1v) is 9.41. The molecule has 25 heavy (non-hydrogen) atoms. The molecule has 0 aromatic rings. The lowest BCUT2D eigenvalue weighted by molar-refractivity contribution is -0.128. The standard InChI is InChI=1S/C21H36O4/c1-15(2)17-7-6-11-20(4,24)13-18(22)14-21(5,25)12-10-19(23)16(3)8-9-17/h6-7,15,17,19,23-25H,3,8-14H2,1-2,4-5H3. The maximum absolute atomic E-state index is 12.2. The molecule has 0 fully saturated rings. The Morgan fingerprint density at radius 3 is 2.36 bits per heavy atom. The molecular formula is C21H36O4. The smallest absolute Gasteiger partial charge is 0.138 e. The monoisotopic (exact) mass is 352 g/mol. The van der Waals surface area contributed by atoms with Crippen LogP contribution in [0.4, 0.5) is 0 Å². The predicted molar refractivity (Wildman–Crippen MR) is 101 cm³/mol. The molecule has 1 rings (SSSR count). The summed E-state index contributed by atoms with van der Waals surface area (Å²) in [6.07, 6.45) is 6.15. The molecular weight excluding hydrogens is 316 g/mol. The lowest BCUT2D eigenvalue weighted by Gasteiger charge is -2.26. The van der Waals surface area contributed by atoms with E-state index in [-0.39, 0.29) is 18.6 Å². The van der Waals surface area contributed by atoms with Crippen LogP contribution in [0.25, 0.3) is 0 Å². The highest BCUT2D eigenvalue weighted by Crippen LogP contribution is 2.28. The quantitative estimate of drug-likeness (QED) is 0.631. The Morgan fingerprint density at radius 1 is 1.16 bits per heavy atom. The number of aliphatic hydroxyl groups excluding tert-OH is 1. The molecule has 0 amide bonds. The fraction of sp³-hybridized carbons (Fsp3) is 0.762. The van der Waals surface area contributed by atoms with Crippen LogP contribution >= 0.6 is 0 Å². The third-order valence-electron chi connectivity index (χ3n) is 5.18. The first kappa shape index (κ1) is 22.1. The van der Waals surface area contributed by atoms with Crippen molar-refractivity contribution in [2.75, 3.05) is 0 Å². The average molecular weight is 353 g/mol. The van der Waals surface area contributed by atoms with Crippen molar-refractivity contribution in [3.05, 3.63) is 24.3 Å². The Kier molecular flexibility index (Phi) is 8.04. The second-order valence-corrected chi connectivity index (χ2v) is 8.68. The van der Waals surface area contributed by atoms with Crippen molar-refractivity contribution in [3.8, 4) is 0 Å². The zero-order valence-corrected chi connectivity index (χ0v) is 16.3. The Labute approximate surface area is 152 Å². The van der Waals surface area contributed by atoms with E-state index in [9.17, 15) is 20.1 Å². The molecule has 1 aliphatic carbocycles. The van der Waals surface area contributed by atoms with Crippen LogP contribution in [-0.2, 0) is 4.79 Å². The Morgan fingerprint density at radius 2 is 1.76 bits per heavy atom. The van der Waals surface area contributed by atoms with Crippen molar-refractivity contribution in [1.82, 2.24) is 0 Å². The fourth-order valence-electron chi connectivity index (χ4n) is 3.39. The number of Topliss-reactive ketones (excluding diaryl/α,β-unsaturated/α-hetero) is 1. The highest BCUT2D eigenvalue weighted by molar-refractivity contribution is 5.80. The summed E-state index contributed by atoms with van der Waals surface area (Å²) in [5.74, 6) is 0.625. The summed E-state index contributed by atoms with van der Waals surface area (Å²) in [5.41, 5.74) is -1.50. The molecule has 1 aliphatic rings. The second-order valence-electron chi connectivity index (χ2n) is 8.68. The van der Waals surface area contributed by atoms with E-state index in [1.807, 2.05) is 6.08 Å². The van der Waals surface area contributed by atoms with Gasteiger partial charge in [-0.15, -0.1) is 0 Å². The van der Waals surface area contributed by atoms with Gasteiger partial charge in [-0.25, -0.2) is 0 Å². The lowest BCUT2D eigenvalue weighted by atomic mass is 9.86. The summed E-state index contributed by atoms with van der Waals surface area (Å²) in [6.45, 7) is 11.6. The molecule has 0 saturated heterocycles. The largest absolute Gasteiger partial charge is 0.390 e. The molecule has 0 saturated carbocycles. The topological polar surface area (TPSA) is 77.8 Å². The third-order valence-corrected chi connectivity index (χ3v) is 5.18. The molecule has 3 N–H and O–H groups in total. The van der Waals surface area contributed by atoms with Gasteiger partial charge in [0.05, 0.1) is 17.3 Å². The molecule has 0 heterocycles. The second kappa shape index (κ2) is 9.11. The predicted octanol–water partition coefficient (Wildman–Crippen LogP) is 3.55. The first-order valence-electron chi connectivity index (χ1n) is 9.41. The minimum Gasteiger partial charge on any atom is -0.390 e. The number of allylic oxidation sites excluding steroid dienone is 1. The molecule has 4 nitrogen and oxygen atoms in total. The molecule has 0 aliphatic heterocycles. The Balaban J connectivity index is 2.95. The van der Waals surface area contributed by atoms with E-state index in [2.05, 4.69) is 26.5 Å². The Bertz CT molecular complexity index is 488. The van der Waals surface area contributed by atoms with Gasteiger partial charge in [-0.3, -0.25) is 4.79 Å². The van der Waals surface area contributed by atoms with Crippen LogP contribution in [0.15, 0.2) is 24.3 Å². The number of rotatable bonds is 1. The van der Waals surface area contributed by atoms with Crippen LogP contribution < -0.4 is 0 Å². The van der Waals surface area contributed by atoms with E-state index in [1.165, 1.54) is 0 Å². The fourth-order valence-corrected chi connectivity index (χ4v) is 3.39. The van der Waals surface area contributed by atoms with Crippen molar-refractivity contribution in [3.63, 3.8) is 0 Å². The summed E-state index contributed by atoms with van der Waals surface area (Å²) in [5, 5.41) is 31.2. The highest BCUT2D eigenvalue weighted by atomic mass is 16.3. The van der Waals surface area contributed by atoms with Crippen LogP contribution in [-0.4, -0.2) is 38.4 Å². The van der Waals surface area contributed by atoms with Gasteiger partial charge in [-0.05, 0) is 63.4 Å². The average Bonchev–Trinajstić information content (AvgIpc) is 2.45. The van der Waals surface area contributed by atoms with Gasteiger partial charge in [-0.2, -0.15) is 0 Å². The van der Waals surface area contributed by atoms with E-state index in [0.29, 0.717) is 31.1 Å². The minimum atomic E-state index is -1.18. The summed E-state index contributed by atoms with van der Waals surface area (Å²) in [6, 6.07) is 0. The highest BCUT2D eigenvalue weighted by Gasteiger charge is 2.30. The maximum atomic E-state index is 12.2. The normalized spacial score (nSPS) is 37.0. The zero-order chi connectivity index (χ0) is 19.3. The summed E-state index contributed by atoms with van der Waals surface area (Å²) >= 11 is 0. The van der Waals surface area contributed by atoms with E-state index < -0.39 is 17.3 Å². The van der Waals surface area contributed by atoms with Gasteiger partial charge < -0.3 is 15.3 Å². The van der Waals surface area contributed by atoms with E-state index in [0.717, 1.165) is 18.4 Å². The van der Waals surface area contributed by atoms with E-state index in [4.69, 9.17) is 0 Å². The van der Waals surface area contributed by atoms with Crippen LogP contribution in [0, 0.1) is 11.8 Å². The van der Waals surface area contributed by atoms with Crippen LogP contribution in [0.5, 0.6) is 0 Å². The van der Waals surface area contributed by atoms with Crippen molar-refractivity contribution in [1.29, 1.82) is 0 Å². The molecule has 0 aromatic heterocycles. The molecule has 0 aromatic carbocycles. The van der Waals surface area contributed by atoms with E-state index >= 15 is 0 Å². The SMILES string of the molecule is C=C1CCC(C(C)C)C=CCC(C)(O)CC(=O)CC(C)(O)CCC1O. The summed E-state index contributed by atoms with van der Waals surface area (Å²) in [4.78, 5) is 12.2. The third kappa shape index (κ3) is 8.30. The van der Waals surface area contributed by atoms with Crippen LogP contribution in [0.3, 0.4) is 0 Å². The first-order chi connectivity index (χ1) is 11.4. The van der Waals surface area contributed by atoms with Crippen molar-refractivity contribution >= 4 is 5.78 Å². The van der Waals surface area contributed by atoms with Gasteiger partial charge in [0.25, 0.3) is 0 Å². The van der Waals surface area contributed by atoms with Crippen LogP contribution in [0.1, 0.15) is 72.6 Å². The Hall–Kier alpha value is -0.970. The number of carbonyl (C=O) groups is 1. The molecule has 4 heteroatoms. The lowest BCUT2D eigenvalue weighted by Crippen LogP contribution is -2.33. The van der Waals surface area contributed by atoms with Crippen LogP contribution in [0.2, 0.25) is 0 Å². The minimum absolute atomic E-state index is 0.0132. The van der Waals surface area contributed by atoms with Crippen molar-refractivity contribution < 1.29 is 20.1 Å². The van der Waals surface area contributed by atoms with Gasteiger partial charge >= 0.3 is 0 Å². The number of ketones is 1. The molecule has 4 unspecified atom stereocenters. The molecule has 0 bridgehead atoms. The number of carbonyl (C=O) groups excluding carboxylic acids is 1. The van der Waals surface area contributed by atoms with Gasteiger partial charge in [0.1, 0.15) is 5.78 Å². The van der Waals surface area contributed by atoms with Gasteiger partial charge in [0.15, 0.2) is 0 Å². The van der Waals surface area contributed by atoms with Gasteiger partial charge in [0, 0.05) is 12.8 Å². The number of hydrogen-bond donors (Lipinski definition) is 3. The number of aliphatic hydroxyl groups is 3. The van der Waals surface area contributed by atoms with Gasteiger partial charge in [0.2, 0.25) is 0 Å². The zero-order valence-electron chi connectivity index (χ0n) is 16.3. The van der Waals surface area contributed by atoms with Gasteiger partial charge in [-0.1, -0.05) is 32.6 Å². The van der Waals surface area contributed by atoms with E-state index in [1.54, 1.807) is 13.8 Å². The molecule has 144 valence electrons. The molecule has 0 radical (unpaired) electrons. The van der Waals surface area contributed by atoms with Crippen molar-refractivity contribution in [2.24, 2.45) is 11.8 Å². The molecule has 4 atom stereocenters. The summed E-state index contributed by atoms with van der Waals surface area (Å²) < 4.78 is 0. The van der Waals surface area contributed by atoms with Crippen molar-refractivity contribution in [2.45, 2.75) is 89.9 Å². The number of hydrogen-bond acceptors (Lipinski definition) is 4. The maximum Gasteiger partial charge on any atom is 0.138 e. The summed E-state index contributed by atoms with van der Waals surface area (Å²) in [7, 11) is 0.